The molecule has 5 nitrogen and oxygen atoms in total. The number of carbonyl (C=O) groups is 2. The van der Waals surface area contributed by atoms with Crippen LogP contribution in [0, 0.1) is 0 Å². The van der Waals surface area contributed by atoms with Crippen molar-refractivity contribution in [1.82, 2.24) is 5.32 Å². The fourth-order valence-corrected chi connectivity index (χ4v) is 3.20. The van der Waals surface area contributed by atoms with Gasteiger partial charge in [0.25, 0.3) is 0 Å². The highest BCUT2D eigenvalue weighted by Crippen LogP contribution is 2.37. The van der Waals surface area contributed by atoms with Crippen molar-refractivity contribution < 1.29 is 19.8 Å². The van der Waals surface area contributed by atoms with E-state index in [0.29, 0.717) is 6.42 Å². The first kappa shape index (κ1) is 14.9. The van der Waals surface area contributed by atoms with Gasteiger partial charge in [0.05, 0.1) is 12.5 Å². The monoisotopic (exact) mass is 295 g/mol. The highest BCUT2D eigenvalue weighted by atomic mass is 32.2. The third-order valence-electron chi connectivity index (χ3n) is 3.34. The largest absolute Gasteiger partial charge is 0.479 e. The van der Waals surface area contributed by atoms with Gasteiger partial charge in [0, 0.05) is 4.90 Å². The van der Waals surface area contributed by atoms with Gasteiger partial charge in [-0.15, -0.1) is 11.8 Å². The molecule has 0 fully saturated rings. The number of aliphatic carboxylic acids is 1. The van der Waals surface area contributed by atoms with E-state index in [1.54, 1.807) is 11.8 Å². The van der Waals surface area contributed by atoms with E-state index in [4.69, 9.17) is 5.11 Å². The molecule has 0 saturated heterocycles. The molecule has 0 spiro atoms. The average molecular weight is 295 g/mol. The molecule has 0 aromatic heterocycles. The third kappa shape index (κ3) is 3.13. The topological polar surface area (TPSA) is 86.6 Å². The molecule has 0 radical (unpaired) electrons. The molecule has 0 bridgehead atoms. The maximum Gasteiger partial charge on any atom is 0.337 e. The summed E-state index contributed by atoms with van der Waals surface area (Å²) in [5, 5.41) is 21.0. The standard InChI is InChI=1S/C14H17NO4S/c1-14(19,13(17)18)8-15-12(16)10-6-7-20-11-5-3-2-4-9(10)11/h2-5,10,19H,6-8H2,1H3,(H,15,16)(H,17,18). The summed E-state index contributed by atoms with van der Waals surface area (Å²) >= 11 is 1.71. The molecule has 2 atom stereocenters. The molecular formula is C14H17NO4S. The number of fused-ring (bicyclic) bond motifs is 1. The Balaban J connectivity index is 2.06. The summed E-state index contributed by atoms with van der Waals surface area (Å²) in [5.41, 5.74) is -0.977. The Kier molecular flexibility index (Phi) is 4.35. The van der Waals surface area contributed by atoms with Crippen molar-refractivity contribution in [3.8, 4) is 0 Å². The zero-order chi connectivity index (χ0) is 14.8. The minimum Gasteiger partial charge on any atom is -0.479 e. The van der Waals surface area contributed by atoms with Crippen LogP contribution in [-0.2, 0) is 9.59 Å². The summed E-state index contributed by atoms with van der Waals surface area (Å²) in [6.07, 6.45) is 0.711. The van der Waals surface area contributed by atoms with E-state index in [0.717, 1.165) is 16.2 Å². The van der Waals surface area contributed by atoms with Crippen LogP contribution in [0.25, 0.3) is 0 Å². The summed E-state index contributed by atoms with van der Waals surface area (Å²) in [4.78, 5) is 24.1. The Morgan fingerprint density at radius 3 is 2.85 bits per heavy atom. The van der Waals surface area contributed by atoms with Crippen LogP contribution in [-0.4, -0.2) is 40.0 Å². The van der Waals surface area contributed by atoms with Gasteiger partial charge in [0.2, 0.25) is 5.91 Å². The highest BCUT2D eigenvalue weighted by molar-refractivity contribution is 7.99. The number of carbonyl (C=O) groups excluding carboxylic acids is 1. The summed E-state index contributed by atoms with van der Waals surface area (Å²) in [6, 6.07) is 7.72. The Morgan fingerprint density at radius 2 is 2.15 bits per heavy atom. The third-order valence-corrected chi connectivity index (χ3v) is 4.47. The molecule has 1 aliphatic rings. The first-order valence-electron chi connectivity index (χ1n) is 6.37. The predicted molar refractivity (Wildman–Crippen MR) is 75.8 cm³/mol. The van der Waals surface area contributed by atoms with Crippen LogP contribution >= 0.6 is 11.8 Å². The van der Waals surface area contributed by atoms with E-state index in [2.05, 4.69) is 5.32 Å². The van der Waals surface area contributed by atoms with E-state index >= 15 is 0 Å². The quantitative estimate of drug-likeness (QED) is 0.777. The van der Waals surface area contributed by atoms with E-state index in [9.17, 15) is 14.7 Å². The van der Waals surface area contributed by atoms with Crippen LogP contribution < -0.4 is 5.32 Å². The van der Waals surface area contributed by atoms with Crippen molar-refractivity contribution in [1.29, 1.82) is 0 Å². The molecule has 1 aromatic carbocycles. The minimum absolute atomic E-state index is 0.237. The normalized spacial score (nSPS) is 20.6. The first-order valence-corrected chi connectivity index (χ1v) is 7.35. The molecule has 1 aromatic rings. The first-order chi connectivity index (χ1) is 9.42. The van der Waals surface area contributed by atoms with Gasteiger partial charge >= 0.3 is 5.97 Å². The number of amides is 1. The zero-order valence-corrected chi connectivity index (χ0v) is 11.9. The van der Waals surface area contributed by atoms with E-state index in [1.165, 1.54) is 6.92 Å². The minimum atomic E-state index is -1.95. The van der Waals surface area contributed by atoms with Gasteiger partial charge in [0.15, 0.2) is 5.60 Å². The lowest BCUT2D eigenvalue weighted by molar-refractivity contribution is -0.156. The summed E-state index contributed by atoms with van der Waals surface area (Å²) < 4.78 is 0. The Bertz CT molecular complexity index is 530. The second-order valence-corrected chi connectivity index (χ2v) is 6.16. The molecule has 3 N–H and O–H groups in total. The number of hydrogen-bond acceptors (Lipinski definition) is 4. The molecule has 108 valence electrons. The van der Waals surface area contributed by atoms with Crippen LogP contribution in [0.2, 0.25) is 0 Å². The lowest BCUT2D eigenvalue weighted by atomic mass is 9.94. The molecule has 2 rings (SSSR count). The fraction of sp³-hybridized carbons (Fsp3) is 0.429. The van der Waals surface area contributed by atoms with E-state index < -0.39 is 11.6 Å². The molecule has 1 amide bonds. The summed E-state index contributed by atoms with van der Waals surface area (Å²) in [7, 11) is 0. The molecule has 0 saturated carbocycles. The lowest BCUT2D eigenvalue weighted by Gasteiger charge is -2.25. The maximum atomic E-state index is 12.2. The van der Waals surface area contributed by atoms with Crippen LogP contribution in [0.5, 0.6) is 0 Å². The smallest absolute Gasteiger partial charge is 0.337 e. The van der Waals surface area contributed by atoms with Gasteiger partial charge in [-0.1, -0.05) is 18.2 Å². The van der Waals surface area contributed by atoms with Crippen molar-refractivity contribution in [2.45, 2.75) is 29.8 Å². The summed E-state index contributed by atoms with van der Waals surface area (Å²) in [6.45, 7) is 0.868. The SMILES string of the molecule is CC(O)(CNC(=O)C1CCSc2ccccc21)C(=O)O. The second kappa shape index (κ2) is 5.85. The molecule has 0 aliphatic carbocycles. The lowest BCUT2D eigenvalue weighted by Crippen LogP contribution is -2.47. The Hall–Kier alpha value is -1.53. The van der Waals surface area contributed by atoms with Crippen molar-refractivity contribution in [3.05, 3.63) is 29.8 Å². The number of thioether (sulfide) groups is 1. The maximum absolute atomic E-state index is 12.2. The molecule has 1 heterocycles. The number of rotatable bonds is 4. The van der Waals surface area contributed by atoms with Crippen LogP contribution in [0.15, 0.2) is 29.2 Å². The Labute approximate surface area is 121 Å². The summed E-state index contributed by atoms with van der Waals surface area (Å²) in [5.74, 6) is -1.02. The van der Waals surface area contributed by atoms with Crippen LogP contribution in [0.3, 0.4) is 0 Å². The van der Waals surface area contributed by atoms with E-state index in [1.807, 2.05) is 24.3 Å². The van der Waals surface area contributed by atoms with Gasteiger partial charge in [-0.2, -0.15) is 0 Å². The van der Waals surface area contributed by atoms with Gasteiger partial charge in [-0.25, -0.2) is 4.79 Å². The molecular weight excluding hydrogens is 278 g/mol. The van der Waals surface area contributed by atoms with Crippen LogP contribution in [0.1, 0.15) is 24.8 Å². The molecule has 2 unspecified atom stereocenters. The number of aliphatic hydroxyl groups is 1. The van der Waals surface area contributed by atoms with Crippen molar-refractivity contribution in [3.63, 3.8) is 0 Å². The van der Waals surface area contributed by atoms with E-state index in [-0.39, 0.29) is 18.4 Å². The second-order valence-electron chi connectivity index (χ2n) is 5.02. The van der Waals surface area contributed by atoms with Gasteiger partial charge in [-0.05, 0) is 30.7 Å². The molecule has 1 aliphatic heterocycles. The molecule has 6 heteroatoms. The van der Waals surface area contributed by atoms with Crippen molar-refractivity contribution in [2.24, 2.45) is 0 Å². The predicted octanol–water partition coefficient (Wildman–Crippen LogP) is 1.22. The van der Waals surface area contributed by atoms with Gasteiger partial charge in [0.1, 0.15) is 0 Å². The van der Waals surface area contributed by atoms with Gasteiger partial charge < -0.3 is 15.5 Å². The van der Waals surface area contributed by atoms with Crippen LogP contribution in [0.4, 0.5) is 0 Å². The number of benzene rings is 1. The number of hydrogen-bond donors (Lipinski definition) is 3. The van der Waals surface area contributed by atoms with Crippen molar-refractivity contribution >= 4 is 23.6 Å². The average Bonchev–Trinajstić information content (AvgIpc) is 2.44. The molecule has 20 heavy (non-hydrogen) atoms. The van der Waals surface area contributed by atoms with Crippen molar-refractivity contribution in [2.75, 3.05) is 12.3 Å². The fourth-order valence-electron chi connectivity index (χ4n) is 2.07. The number of carboxylic acid groups (broad SMARTS) is 1. The number of carboxylic acids is 1. The van der Waals surface area contributed by atoms with Gasteiger partial charge in [-0.3, -0.25) is 4.79 Å². The number of nitrogens with one attached hydrogen (secondary N) is 1. The Morgan fingerprint density at radius 1 is 1.45 bits per heavy atom. The highest BCUT2D eigenvalue weighted by Gasteiger charge is 2.32. The zero-order valence-electron chi connectivity index (χ0n) is 11.1.